The van der Waals surface area contributed by atoms with Crippen molar-refractivity contribution in [3.05, 3.63) is 64.2 Å². The van der Waals surface area contributed by atoms with E-state index in [0.29, 0.717) is 0 Å². The first-order valence-electron chi connectivity index (χ1n) is 7.42. The highest BCUT2D eigenvalue weighted by molar-refractivity contribution is 7.99. The minimum Gasteiger partial charge on any atom is -0.340 e. The van der Waals surface area contributed by atoms with Gasteiger partial charge in [0.05, 0.1) is 25.7 Å². The molecule has 0 spiro atoms. The number of rotatable bonds is 3. The Bertz CT molecular complexity index is 787. The fourth-order valence-corrected chi connectivity index (χ4v) is 3.92. The maximum atomic E-state index is 13.8. The summed E-state index contributed by atoms with van der Waals surface area (Å²) in [4.78, 5) is 2.93. The number of hydrogen-bond donors (Lipinski definition) is 1. The zero-order valence-electron chi connectivity index (χ0n) is 12.9. The molecule has 0 amide bonds. The SMILES string of the molecule is C[NH+](C)CC/C=C1/c2ccc(F)cc2Sc2cc(F)c(Cl)cc21. The maximum absolute atomic E-state index is 13.8. The molecule has 2 aromatic carbocycles. The lowest BCUT2D eigenvalue weighted by Crippen LogP contribution is -3.05. The molecule has 0 aromatic heterocycles. The van der Waals surface area contributed by atoms with E-state index in [1.54, 1.807) is 12.1 Å². The first-order chi connectivity index (χ1) is 11.0. The highest BCUT2D eigenvalue weighted by Gasteiger charge is 2.23. The Balaban J connectivity index is 2.11. The normalized spacial score (nSPS) is 15.0. The number of halogens is 3. The minimum absolute atomic E-state index is 0.110. The summed E-state index contributed by atoms with van der Waals surface area (Å²) < 4.78 is 27.4. The Morgan fingerprint density at radius 1 is 1.09 bits per heavy atom. The summed E-state index contributed by atoms with van der Waals surface area (Å²) >= 11 is 7.35. The Morgan fingerprint density at radius 3 is 2.57 bits per heavy atom. The Labute approximate surface area is 143 Å². The molecule has 23 heavy (non-hydrogen) atoms. The largest absolute Gasteiger partial charge is 0.340 e. The van der Waals surface area contributed by atoms with Crippen molar-refractivity contribution in [3.63, 3.8) is 0 Å². The predicted molar refractivity (Wildman–Crippen MR) is 91.3 cm³/mol. The van der Waals surface area contributed by atoms with Crippen molar-refractivity contribution in [3.8, 4) is 0 Å². The molecule has 1 aliphatic rings. The molecule has 3 rings (SSSR count). The Morgan fingerprint density at radius 2 is 1.83 bits per heavy atom. The minimum atomic E-state index is -0.449. The van der Waals surface area contributed by atoms with Gasteiger partial charge in [-0.25, -0.2) is 8.78 Å². The summed E-state index contributed by atoms with van der Waals surface area (Å²) in [5.74, 6) is -0.735. The average Bonchev–Trinajstić information content (AvgIpc) is 2.48. The molecule has 0 radical (unpaired) electrons. The lowest BCUT2D eigenvalue weighted by molar-refractivity contribution is -0.857. The third-order valence-corrected chi connectivity index (χ3v) is 5.16. The molecule has 0 unspecified atom stereocenters. The molecule has 0 saturated heterocycles. The maximum Gasteiger partial charge on any atom is 0.142 e. The van der Waals surface area contributed by atoms with Crippen molar-refractivity contribution in [2.75, 3.05) is 20.6 Å². The van der Waals surface area contributed by atoms with Gasteiger partial charge >= 0.3 is 0 Å². The second-order valence-corrected chi connectivity index (χ2v) is 7.36. The molecule has 120 valence electrons. The number of quaternary nitrogens is 1. The topological polar surface area (TPSA) is 4.44 Å². The van der Waals surface area contributed by atoms with Crippen LogP contribution in [0.5, 0.6) is 0 Å². The summed E-state index contributed by atoms with van der Waals surface area (Å²) in [6.07, 6.45) is 3.02. The second kappa shape index (κ2) is 6.63. The lowest BCUT2D eigenvalue weighted by atomic mass is 9.96. The summed E-state index contributed by atoms with van der Waals surface area (Å²) in [5, 5.41) is 0.110. The first kappa shape index (κ1) is 16.5. The van der Waals surface area contributed by atoms with Crippen molar-refractivity contribution in [2.24, 2.45) is 0 Å². The van der Waals surface area contributed by atoms with Crippen molar-refractivity contribution < 1.29 is 13.7 Å². The van der Waals surface area contributed by atoms with Gasteiger partial charge in [-0.05, 0) is 41.0 Å². The van der Waals surface area contributed by atoms with Crippen LogP contribution in [0.1, 0.15) is 17.5 Å². The summed E-state index contributed by atoms with van der Waals surface area (Å²) in [5.41, 5.74) is 2.88. The van der Waals surface area contributed by atoms with Crippen LogP contribution in [0, 0.1) is 11.6 Å². The van der Waals surface area contributed by atoms with E-state index in [1.165, 1.54) is 34.9 Å². The van der Waals surface area contributed by atoms with Crippen LogP contribution in [-0.4, -0.2) is 20.6 Å². The van der Waals surface area contributed by atoms with Crippen LogP contribution in [0.3, 0.4) is 0 Å². The third-order valence-electron chi connectivity index (χ3n) is 3.76. The Hall–Kier alpha value is -1.36. The van der Waals surface area contributed by atoms with Crippen LogP contribution in [0.4, 0.5) is 8.78 Å². The number of nitrogens with one attached hydrogen (secondary N) is 1. The zero-order chi connectivity index (χ0) is 16.6. The molecule has 0 bridgehead atoms. The molecule has 0 saturated carbocycles. The summed E-state index contributed by atoms with van der Waals surface area (Å²) in [6, 6.07) is 7.84. The fourth-order valence-electron chi connectivity index (χ4n) is 2.62. The molecule has 1 aliphatic heterocycles. The zero-order valence-corrected chi connectivity index (χ0v) is 14.5. The van der Waals surface area contributed by atoms with Crippen LogP contribution in [0.15, 0.2) is 46.2 Å². The highest BCUT2D eigenvalue weighted by atomic mass is 35.5. The second-order valence-electron chi connectivity index (χ2n) is 5.87. The van der Waals surface area contributed by atoms with E-state index in [9.17, 15) is 8.78 Å². The molecule has 2 aromatic rings. The molecule has 1 heterocycles. The predicted octanol–water partition coefficient (Wildman–Crippen LogP) is 4.05. The van der Waals surface area contributed by atoms with Crippen LogP contribution in [0.25, 0.3) is 5.57 Å². The van der Waals surface area contributed by atoms with Crippen LogP contribution in [-0.2, 0) is 0 Å². The van der Waals surface area contributed by atoms with Gasteiger partial charge < -0.3 is 4.90 Å². The first-order valence-corrected chi connectivity index (χ1v) is 8.61. The molecule has 5 heteroatoms. The molecule has 1 N–H and O–H groups in total. The monoisotopic (exact) mass is 352 g/mol. The third kappa shape index (κ3) is 3.44. The van der Waals surface area contributed by atoms with Gasteiger partial charge in [0.25, 0.3) is 0 Å². The number of benzene rings is 2. The van der Waals surface area contributed by atoms with E-state index in [1.807, 2.05) is 0 Å². The average molecular weight is 353 g/mol. The quantitative estimate of drug-likeness (QED) is 0.745. The van der Waals surface area contributed by atoms with Crippen molar-refractivity contribution >= 4 is 28.9 Å². The van der Waals surface area contributed by atoms with E-state index >= 15 is 0 Å². The molecular weight excluding hydrogens is 336 g/mol. The van der Waals surface area contributed by atoms with Crippen molar-refractivity contribution in [1.29, 1.82) is 0 Å². The molecular formula is C18H17ClF2NS+. The van der Waals surface area contributed by atoms with Gasteiger partial charge in [0.1, 0.15) is 11.6 Å². The van der Waals surface area contributed by atoms with Crippen LogP contribution >= 0.6 is 23.4 Å². The van der Waals surface area contributed by atoms with E-state index < -0.39 is 5.82 Å². The molecule has 0 atom stereocenters. The summed E-state index contributed by atoms with van der Waals surface area (Å²) in [6.45, 7) is 0.984. The van der Waals surface area contributed by atoms with Crippen molar-refractivity contribution in [1.82, 2.24) is 0 Å². The standard InChI is InChI=1S/C18H16ClF2NS/c1-22(2)7-3-4-12-13-6-5-11(20)8-17(13)23-18-10-16(21)15(19)9-14(12)18/h4-6,8-10H,3,7H2,1-2H3/p+1/b12-4-. The van der Waals surface area contributed by atoms with Crippen molar-refractivity contribution in [2.45, 2.75) is 16.2 Å². The van der Waals surface area contributed by atoms with Gasteiger partial charge in [-0.3, -0.25) is 0 Å². The Kier molecular flexibility index (Phi) is 4.76. The van der Waals surface area contributed by atoms with E-state index in [-0.39, 0.29) is 10.8 Å². The van der Waals surface area contributed by atoms with Gasteiger partial charge in [-0.15, -0.1) is 0 Å². The van der Waals surface area contributed by atoms with Crippen LogP contribution in [0.2, 0.25) is 5.02 Å². The van der Waals surface area contributed by atoms with Crippen LogP contribution < -0.4 is 4.90 Å². The number of hydrogen-bond acceptors (Lipinski definition) is 1. The molecule has 1 nitrogen and oxygen atoms in total. The van der Waals surface area contributed by atoms with Gasteiger partial charge in [0.2, 0.25) is 0 Å². The summed E-state index contributed by atoms with van der Waals surface area (Å²) in [7, 11) is 4.19. The van der Waals surface area contributed by atoms with Gasteiger partial charge in [0.15, 0.2) is 0 Å². The smallest absolute Gasteiger partial charge is 0.142 e. The van der Waals surface area contributed by atoms with E-state index in [2.05, 4.69) is 20.2 Å². The van der Waals surface area contributed by atoms with E-state index in [0.717, 1.165) is 39.5 Å². The lowest BCUT2D eigenvalue weighted by Gasteiger charge is -2.23. The van der Waals surface area contributed by atoms with Gasteiger partial charge in [0, 0.05) is 16.2 Å². The van der Waals surface area contributed by atoms with Gasteiger partial charge in [-0.2, -0.15) is 0 Å². The van der Waals surface area contributed by atoms with E-state index in [4.69, 9.17) is 11.6 Å². The number of fused-ring (bicyclic) bond motifs is 2. The molecule has 0 aliphatic carbocycles. The van der Waals surface area contributed by atoms with Gasteiger partial charge in [-0.1, -0.05) is 35.5 Å². The molecule has 0 fully saturated rings. The highest BCUT2D eigenvalue weighted by Crippen LogP contribution is 2.46. The fraction of sp³-hybridized carbons (Fsp3) is 0.222.